The highest BCUT2D eigenvalue weighted by Crippen LogP contribution is 2.33. The second-order valence-corrected chi connectivity index (χ2v) is 7.27. The summed E-state index contributed by atoms with van der Waals surface area (Å²) >= 11 is 0. The summed E-state index contributed by atoms with van der Waals surface area (Å²) in [6.07, 6.45) is 1.29. The van der Waals surface area contributed by atoms with Crippen LogP contribution >= 0.6 is 0 Å². The second-order valence-electron chi connectivity index (χ2n) is 7.27. The number of fused-ring (bicyclic) bond motifs is 1. The molecule has 0 bridgehead atoms. The minimum absolute atomic E-state index is 0.0534. The Morgan fingerprint density at radius 3 is 2.85 bits per heavy atom. The maximum atomic E-state index is 13.2. The Hall–Kier alpha value is -2.70. The number of aryl methyl sites for hydroxylation is 1. The first-order valence-electron chi connectivity index (χ1n) is 8.82. The van der Waals surface area contributed by atoms with Crippen LogP contribution in [0.5, 0.6) is 5.75 Å². The van der Waals surface area contributed by atoms with Gasteiger partial charge in [-0.15, -0.1) is 0 Å². The fourth-order valence-corrected chi connectivity index (χ4v) is 4.08. The predicted molar refractivity (Wildman–Crippen MR) is 96.6 cm³/mol. The highest BCUT2D eigenvalue weighted by Gasteiger charge is 2.47. The van der Waals surface area contributed by atoms with E-state index in [1.165, 1.54) is 0 Å². The zero-order valence-electron chi connectivity index (χ0n) is 15.3. The summed E-state index contributed by atoms with van der Waals surface area (Å²) in [5.41, 5.74) is 1.82. The summed E-state index contributed by atoms with van der Waals surface area (Å²) in [5, 5.41) is 0.978. The summed E-state index contributed by atoms with van der Waals surface area (Å²) in [5.74, 6) is 0.707. The quantitative estimate of drug-likeness (QED) is 0.896. The van der Waals surface area contributed by atoms with Crippen molar-refractivity contribution in [2.45, 2.75) is 25.4 Å². The van der Waals surface area contributed by atoms with Crippen LogP contribution < -0.4 is 4.74 Å². The first-order valence-corrected chi connectivity index (χ1v) is 8.82. The van der Waals surface area contributed by atoms with Crippen LogP contribution in [0, 0.1) is 6.92 Å². The molecule has 4 rings (SSSR count). The van der Waals surface area contributed by atoms with Crippen LogP contribution in [0.3, 0.4) is 0 Å². The Bertz CT molecular complexity index is 890. The van der Waals surface area contributed by atoms with E-state index >= 15 is 0 Å². The molecule has 3 heterocycles. The van der Waals surface area contributed by atoms with Gasteiger partial charge in [-0.2, -0.15) is 0 Å². The Morgan fingerprint density at radius 1 is 1.35 bits per heavy atom. The molecule has 0 saturated carbocycles. The number of methoxy groups -OCH3 is 1. The maximum Gasteiger partial charge on any atom is 0.410 e. The highest BCUT2D eigenvalue weighted by molar-refractivity contribution is 6.01. The molecule has 0 unspecified atom stereocenters. The van der Waals surface area contributed by atoms with Gasteiger partial charge in [-0.3, -0.25) is 4.79 Å². The van der Waals surface area contributed by atoms with Gasteiger partial charge < -0.3 is 24.3 Å². The Balaban J connectivity index is 1.62. The van der Waals surface area contributed by atoms with Crippen molar-refractivity contribution in [2.24, 2.45) is 0 Å². The van der Waals surface area contributed by atoms with Gasteiger partial charge in [-0.25, -0.2) is 4.79 Å². The Labute approximate surface area is 151 Å². The molecule has 2 aliphatic rings. The number of H-pyrrole nitrogens is 1. The average Bonchev–Trinajstić information content (AvgIpc) is 3.10. The van der Waals surface area contributed by atoms with Crippen molar-refractivity contribution < 1.29 is 19.1 Å². The van der Waals surface area contributed by atoms with Gasteiger partial charge in [0.25, 0.3) is 5.91 Å². The predicted octanol–water partition coefficient (Wildman–Crippen LogP) is 2.54. The van der Waals surface area contributed by atoms with Crippen LogP contribution in [-0.2, 0) is 4.74 Å². The third kappa shape index (κ3) is 2.58. The maximum absolute atomic E-state index is 13.2. The third-order valence-corrected chi connectivity index (χ3v) is 5.45. The number of aromatic nitrogens is 1. The molecule has 7 heteroatoms. The normalized spacial score (nSPS) is 23.0. The Morgan fingerprint density at radius 2 is 2.15 bits per heavy atom. The van der Waals surface area contributed by atoms with Crippen molar-refractivity contribution in [2.75, 3.05) is 33.8 Å². The number of amides is 2. The molecule has 2 saturated heterocycles. The number of hydrogen-bond donors (Lipinski definition) is 1. The zero-order chi connectivity index (χ0) is 18.5. The van der Waals surface area contributed by atoms with E-state index in [-0.39, 0.29) is 12.0 Å². The number of nitrogens with zero attached hydrogens (tertiary/aromatic N) is 2. The molecule has 138 valence electrons. The SMILES string of the molecule is COc1ccc2[nH]c(C(=O)N3CCC[C@@]4(CN(C)C(=O)O4)C3)c(C)c2c1. The number of hydrogen-bond acceptors (Lipinski definition) is 4. The lowest BCUT2D eigenvalue weighted by atomic mass is 9.92. The van der Waals surface area contributed by atoms with Gasteiger partial charge in [-0.05, 0) is 43.5 Å². The van der Waals surface area contributed by atoms with E-state index in [2.05, 4.69) is 4.98 Å². The summed E-state index contributed by atoms with van der Waals surface area (Å²) in [6.45, 7) is 3.56. The van der Waals surface area contributed by atoms with E-state index in [0.717, 1.165) is 35.1 Å². The average molecular weight is 357 g/mol. The molecule has 1 N–H and O–H groups in total. The lowest BCUT2D eigenvalue weighted by molar-refractivity contribution is -0.00540. The van der Waals surface area contributed by atoms with Crippen LogP contribution in [0.25, 0.3) is 10.9 Å². The van der Waals surface area contributed by atoms with Gasteiger partial charge in [0.1, 0.15) is 17.0 Å². The van der Waals surface area contributed by atoms with Gasteiger partial charge >= 0.3 is 6.09 Å². The third-order valence-electron chi connectivity index (χ3n) is 5.45. The van der Waals surface area contributed by atoms with E-state index in [4.69, 9.17) is 9.47 Å². The van der Waals surface area contributed by atoms with E-state index in [1.54, 1.807) is 24.0 Å². The van der Waals surface area contributed by atoms with E-state index in [9.17, 15) is 9.59 Å². The summed E-state index contributed by atoms with van der Waals surface area (Å²) in [7, 11) is 3.36. The molecule has 1 aromatic carbocycles. The lowest BCUT2D eigenvalue weighted by Gasteiger charge is -2.38. The number of carbonyl (C=O) groups excluding carboxylic acids is 2. The van der Waals surface area contributed by atoms with Gasteiger partial charge in [0, 0.05) is 24.5 Å². The molecule has 0 aliphatic carbocycles. The number of ether oxygens (including phenoxy) is 2. The molecule has 0 radical (unpaired) electrons. The molecule has 26 heavy (non-hydrogen) atoms. The summed E-state index contributed by atoms with van der Waals surface area (Å²) in [4.78, 5) is 31.6. The van der Waals surface area contributed by atoms with Gasteiger partial charge in [-0.1, -0.05) is 0 Å². The lowest BCUT2D eigenvalue weighted by Crippen LogP contribution is -2.52. The first kappa shape index (κ1) is 16.8. The van der Waals surface area contributed by atoms with Crippen molar-refractivity contribution in [3.63, 3.8) is 0 Å². The fourth-order valence-electron chi connectivity index (χ4n) is 4.08. The highest BCUT2D eigenvalue weighted by atomic mass is 16.6. The van der Waals surface area contributed by atoms with Crippen molar-refractivity contribution in [3.8, 4) is 5.75 Å². The molecular weight excluding hydrogens is 334 g/mol. The van der Waals surface area contributed by atoms with Gasteiger partial charge in [0.05, 0.1) is 20.2 Å². The summed E-state index contributed by atoms with van der Waals surface area (Å²) < 4.78 is 10.9. The van der Waals surface area contributed by atoms with Crippen LogP contribution in [0.2, 0.25) is 0 Å². The van der Waals surface area contributed by atoms with Crippen molar-refractivity contribution in [1.82, 2.24) is 14.8 Å². The number of likely N-dealkylation sites (tertiary alicyclic amines) is 1. The van der Waals surface area contributed by atoms with Crippen molar-refractivity contribution in [3.05, 3.63) is 29.5 Å². The molecule has 2 fully saturated rings. The molecule has 1 spiro atoms. The molecule has 2 aromatic rings. The number of likely N-dealkylation sites (N-methyl/N-ethyl adjacent to an activating group) is 1. The molecule has 2 amide bonds. The molecular formula is C19H23N3O4. The topological polar surface area (TPSA) is 74.9 Å². The van der Waals surface area contributed by atoms with Gasteiger partial charge in [0.2, 0.25) is 0 Å². The monoisotopic (exact) mass is 357 g/mol. The summed E-state index contributed by atoms with van der Waals surface area (Å²) in [6, 6.07) is 5.73. The standard InChI is InChI=1S/C19H23N3O4/c1-12-14-9-13(25-3)5-6-15(14)20-16(12)17(23)22-8-4-7-19(11-22)10-21(2)18(24)26-19/h5-6,9,20H,4,7-8,10-11H2,1-3H3/t19-/m1/s1. The fraction of sp³-hybridized carbons (Fsp3) is 0.474. The number of benzene rings is 1. The van der Waals surface area contributed by atoms with Crippen LogP contribution in [0.15, 0.2) is 18.2 Å². The number of rotatable bonds is 2. The van der Waals surface area contributed by atoms with Crippen molar-refractivity contribution >= 4 is 22.9 Å². The van der Waals surface area contributed by atoms with Crippen LogP contribution in [-0.4, -0.2) is 66.2 Å². The molecule has 1 aromatic heterocycles. The largest absolute Gasteiger partial charge is 0.497 e. The van der Waals surface area contributed by atoms with Crippen LogP contribution in [0.4, 0.5) is 4.79 Å². The van der Waals surface area contributed by atoms with E-state index in [0.29, 0.717) is 25.3 Å². The molecule has 7 nitrogen and oxygen atoms in total. The van der Waals surface area contributed by atoms with E-state index < -0.39 is 5.60 Å². The minimum Gasteiger partial charge on any atom is -0.497 e. The number of piperidine rings is 1. The molecule has 1 atom stereocenters. The first-order chi connectivity index (χ1) is 12.4. The van der Waals surface area contributed by atoms with E-state index in [1.807, 2.05) is 25.1 Å². The number of carbonyl (C=O) groups is 2. The Kier molecular flexibility index (Phi) is 3.82. The van der Waals surface area contributed by atoms with Gasteiger partial charge in [0.15, 0.2) is 0 Å². The minimum atomic E-state index is -0.580. The number of aromatic amines is 1. The van der Waals surface area contributed by atoms with Crippen LogP contribution in [0.1, 0.15) is 28.9 Å². The smallest absolute Gasteiger partial charge is 0.410 e. The van der Waals surface area contributed by atoms with Crippen molar-refractivity contribution in [1.29, 1.82) is 0 Å². The zero-order valence-corrected chi connectivity index (χ0v) is 15.3. The second kappa shape index (κ2) is 5.93. The number of nitrogens with one attached hydrogen (secondary N) is 1. The molecule has 2 aliphatic heterocycles.